The number of carbonyl (C=O) groups is 1. The van der Waals surface area contributed by atoms with Crippen molar-refractivity contribution >= 4 is 21.6 Å². The summed E-state index contributed by atoms with van der Waals surface area (Å²) in [5.41, 5.74) is 0.759. The highest BCUT2D eigenvalue weighted by molar-refractivity contribution is 7.89. The molecule has 1 N–H and O–H groups in total. The number of amides is 1. The topological polar surface area (TPSA) is 69.7 Å². The Bertz CT molecular complexity index is 833. The van der Waals surface area contributed by atoms with Gasteiger partial charge in [-0.25, -0.2) is 8.42 Å². The molecule has 0 aromatic heterocycles. The van der Waals surface area contributed by atoms with Crippen molar-refractivity contribution in [1.82, 2.24) is 9.21 Å². The monoisotopic (exact) mass is 373 g/mol. The van der Waals surface area contributed by atoms with Gasteiger partial charge in [-0.1, -0.05) is 36.4 Å². The molecule has 2 aromatic carbocycles. The molecule has 138 valence electrons. The Hall–Kier alpha value is -2.22. The minimum absolute atomic E-state index is 0.0874. The highest BCUT2D eigenvalue weighted by atomic mass is 32.2. The number of hydrogen-bond acceptors (Lipinski definition) is 4. The fourth-order valence-electron chi connectivity index (χ4n) is 3.01. The van der Waals surface area contributed by atoms with Crippen LogP contribution in [0.5, 0.6) is 0 Å². The van der Waals surface area contributed by atoms with Crippen LogP contribution < -0.4 is 5.32 Å². The molecule has 6 nitrogen and oxygen atoms in total. The van der Waals surface area contributed by atoms with Crippen molar-refractivity contribution in [2.45, 2.75) is 17.9 Å². The number of nitrogens with zero attached hydrogens (tertiary/aromatic N) is 2. The van der Waals surface area contributed by atoms with Crippen LogP contribution in [0.15, 0.2) is 65.6 Å². The Morgan fingerprint density at radius 3 is 2.04 bits per heavy atom. The van der Waals surface area contributed by atoms with Gasteiger partial charge in [0.25, 0.3) is 0 Å². The number of piperazine rings is 1. The van der Waals surface area contributed by atoms with Crippen molar-refractivity contribution in [3.05, 3.63) is 60.7 Å². The summed E-state index contributed by atoms with van der Waals surface area (Å²) < 4.78 is 26.8. The molecule has 1 saturated heterocycles. The van der Waals surface area contributed by atoms with E-state index in [4.69, 9.17) is 0 Å². The summed E-state index contributed by atoms with van der Waals surface area (Å²) in [7, 11) is -3.47. The predicted molar refractivity (Wildman–Crippen MR) is 101 cm³/mol. The van der Waals surface area contributed by atoms with Crippen LogP contribution in [0, 0.1) is 0 Å². The predicted octanol–water partition coefficient (Wildman–Crippen LogP) is 2.02. The van der Waals surface area contributed by atoms with E-state index >= 15 is 0 Å². The van der Waals surface area contributed by atoms with Crippen LogP contribution in [0.2, 0.25) is 0 Å². The van der Waals surface area contributed by atoms with Gasteiger partial charge in [0.1, 0.15) is 0 Å². The second-order valence-electron chi connectivity index (χ2n) is 6.28. The van der Waals surface area contributed by atoms with Crippen molar-refractivity contribution < 1.29 is 13.2 Å². The molecule has 3 rings (SSSR count). The summed E-state index contributed by atoms with van der Waals surface area (Å²) in [4.78, 5) is 14.7. The lowest BCUT2D eigenvalue weighted by Crippen LogP contribution is -2.53. The van der Waals surface area contributed by atoms with Crippen LogP contribution in [-0.2, 0) is 14.8 Å². The molecular weight excluding hydrogens is 350 g/mol. The van der Waals surface area contributed by atoms with Gasteiger partial charge in [-0.05, 0) is 31.2 Å². The van der Waals surface area contributed by atoms with E-state index in [0.717, 1.165) is 5.69 Å². The van der Waals surface area contributed by atoms with Crippen LogP contribution in [0.25, 0.3) is 0 Å². The number of anilines is 1. The Labute approximate surface area is 154 Å². The van der Waals surface area contributed by atoms with Crippen molar-refractivity contribution in [1.29, 1.82) is 0 Å². The van der Waals surface area contributed by atoms with E-state index < -0.39 is 10.0 Å². The Morgan fingerprint density at radius 1 is 0.923 bits per heavy atom. The molecule has 1 heterocycles. The average Bonchev–Trinajstić information content (AvgIpc) is 2.69. The Balaban J connectivity index is 1.59. The standard InChI is InChI=1S/C19H23N3O3S/c1-16(19(23)20-17-8-4-2-5-9-17)21-12-14-22(15-13-21)26(24,25)18-10-6-3-7-11-18/h2-11,16H,12-15H2,1H3,(H,20,23)/t16-/m0/s1. The van der Waals surface area contributed by atoms with Gasteiger partial charge in [0, 0.05) is 31.9 Å². The van der Waals surface area contributed by atoms with Crippen LogP contribution >= 0.6 is 0 Å². The zero-order chi connectivity index (χ0) is 18.6. The van der Waals surface area contributed by atoms with E-state index in [9.17, 15) is 13.2 Å². The van der Waals surface area contributed by atoms with Gasteiger partial charge in [-0.3, -0.25) is 9.69 Å². The van der Waals surface area contributed by atoms with Gasteiger partial charge in [-0.15, -0.1) is 0 Å². The molecule has 1 atom stereocenters. The zero-order valence-electron chi connectivity index (χ0n) is 14.7. The smallest absolute Gasteiger partial charge is 0.243 e. The first-order chi connectivity index (χ1) is 12.5. The molecule has 1 amide bonds. The van der Waals surface area contributed by atoms with Crippen molar-refractivity contribution in [3.8, 4) is 0 Å². The summed E-state index contributed by atoms with van der Waals surface area (Å²) in [6, 6.07) is 17.4. The highest BCUT2D eigenvalue weighted by Crippen LogP contribution is 2.18. The van der Waals surface area contributed by atoms with Gasteiger partial charge in [0.05, 0.1) is 10.9 Å². The lowest BCUT2D eigenvalue weighted by Gasteiger charge is -2.36. The van der Waals surface area contributed by atoms with Crippen molar-refractivity contribution in [3.63, 3.8) is 0 Å². The molecule has 0 saturated carbocycles. The Kier molecular flexibility index (Phi) is 5.70. The molecule has 7 heteroatoms. The molecule has 1 aliphatic heterocycles. The fraction of sp³-hybridized carbons (Fsp3) is 0.316. The van der Waals surface area contributed by atoms with E-state index in [0.29, 0.717) is 31.1 Å². The fourth-order valence-corrected chi connectivity index (χ4v) is 4.45. The maximum atomic E-state index is 12.7. The molecular formula is C19H23N3O3S. The lowest BCUT2D eigenvalue weighted by atomic mass is 10.2. The normalized spacial score (nSPS) is 17.6. The SMILES string of the molecule is C[C@@H](C(=O)Nc1ccccc1)N1CCN(S(=O)(=O)c2ccccc2)CC1. The number of carbonyl (C=O) groups excluding carboxylic acids is 1. The van der Waals surface area contributed by atoms with E-state index in [1.54, 1.807) is 30.3 Å². The van der Waals surface area contributed by atoms with E-state index in [1.165, 1.54) is 4.31 Å². The van der Waals surface area contributed by atoms with Crippen LogP contribution in [-0.4, -0.2) is 55.8 Å². The third kappa shape index (κ3) is 4.12. The minimum atomic E-state index is -3.47. The molecule has 1 aliphatic rings. The van der Waals surface area contributed by atoms with Crippen molar-refractivity contribution in [2.24, 2.45) is 0 Å². The summed E-state index contributed by atoms with van der Waals surface area (Å²) in [5.74, 6) is -0.0874. The summed E-state index contributed by atoms with van der Waals surface area (Å²) in [6.07, 6.45) is 0. The van der Waals surface area contributed by atoms with E-state index in [-0.39, 0.29) is 11.9 Å². The van der Waals surface area contributed by atoms with Gasteiger partial charge < -0.3 is 5.32 Å². The quantitative estimate of drug-likeness (QED) is 0.871. The van der Waals surface area contributed by atoms with Crippen LogP contribution in [0.3, 0.4) is 0 Å². The number of rotatable bonds is 5. The molecule has 0 spiro atoms. The second-order valence-corrected chi connectivity index (χ2v) is 8.22. The summed E-state index contributed by atoms with van der Waals surface area (Å²) in [6.45, 7) is 3.64. The van der Waals surface area contributed by atoms with Gasteiger partial charge in [0.15, 0.2) is 0 Å². The molecule has 0 bridgehead atoms. The first kappa shape index (κ1) is 18.6. The minimum Gasteiger partial charge on any atom is -0.325 e. The molecule has 2 aromatic rings. The number of nitrogens with one attached hydrogen (secondary N) is 1. The maximum absolute atomic E-state index is 12.7. The molecule has 0 unspecified atom stereocenters. The largest absolute Gasteiger partial charge is 0.325 e. The van der Waals surface area contributed by atoms with Crippen molar-refractivity contribution in [2.75, 3.05) is 31.5 Å². The van der Waals surface area contributed by atoms with E-state index in [2.05, 4.69) is 5.32 Å². The van der Waals surface area contributed by atoms with Gasteiger partial charge >= 0.3 is 0 Å². The first-order valence-corrected chi connectivity index (χ1v) is 10.1. The third-order valence-corrected chi connectivity index (χ3v) is 6.54. The van der Waals surface area contributed by atoms with Gasteiger partial charge in [0.2, 0.25) is 15.9 Å². The number of sulfonamides is 1. The maximum Gasteiger partial charge on any atom is 0.243 e. The number of para-hydroxylation sites is 1. The lowest BCUT2D eigenvalue weighted by molar-refractivity contribution is -0.121. The van der Waals surface area contributed by atoms with Crippen LogP contribution in [0.4, 0.5) is 5.69 Å². The molecule has 0 radical (unpaired) electrons. The third-order valence-electron chi connectivity index (χ3n) is 4.62. The molecule has 1 fully saturated rings. The first-order valence-electron chi connectivity index (χ1n) is 8.63. The zero-order valence-corrected chi connectivity index (χ0v) is 15.5. The van der Waals surface area contributed by atoms with Gasteiger partial charge in [-0.2, -0.15) is 4.31 Å². The second kappa shape index (κ2) is 7.99. The average molecular weight is 373 g/mol. The molecule has 0 aliphatic carbocycles. The Morgan fingerprint density at radius 2 is 1.46 bits per heavy atom. The summed E-state index contributed by atoms with van der Waals surface area (Å²) in [5, 5.41) is 2.89. The van der Waals surface area contributed by atoms with E-state index in [1.807, 2.05) is 42.2 Å². The summed E-state index contributed by atoms with van der Waals surface area (Å²) >= 11 is 0. The molecule has 26 heavy (non-hydrogen) atoms. The number of hydrogen-bond donors (Lipinski definition) is 1. The van der Waals surface area contributed by atoms with Crippen LogP contribution in [0.1, 0.15) is 6.92 Å². The highest BCUT2D eigenvalue weighted by Gasteiger charge is 2.31. The number of benzene rings is 2.